The van der Waals surface area contributed by atoms with Crippen LogP contribution in [0.5, 0.6) is 0 Å². The molecule has 0 spiro atoms. The number of unbranched alkanes of at least 4 members (excludes halogenated alkanes) is 12. The van der Waals surface area contributed by atoms with E-state index in [0.29, 0.717) is 17.2 Å². The van der Waals surface area contributed by atoms with Gasteiger partial charge in [0.25, 0.3) is 5.91 Å². The molecule has 0 fully saturated rings. The summed E-state index contributed by atoms with van der Waals surface area (Å²) < 4.78 is 5.28. The van der Waals surface area contributed by atoms with Crippen LogP contribution in [0.4, 0.5) is 0 Å². The molecule has 0 radical (unpaired) electrons. The summed E-state index contributed by atoms with van der Waals surface area (Å²) in [5.41, 5.74) is 0.357. The van der Waals surface area contributed by atoms with Crippen molar-refractivity contribution in [2.45, 2.75) is 103 Å². The molecular weight excluding hydrogens is 398 g/mol. The predicted octanol–water partition coefficient (Wildman–Crippen LogP) is 7.09. The smallest absolute Gasteiger partial charge is 0.328 e. The first-order valence-corrected chi connectivity index (χ1v) is 12.2. The standard InChI is InChI=1S/C25H40ClNO3/c1-3-4-5-6-7-8-9-10-11-12-13-14-17-20-30-25(29)21(2)27-24(28)22-18-15-16-19-23(22)26/h15-16,18-19,21H,3-14,17,20H2,1-2H3,(H,27,28)/t21-/m0/s1. The summed E-state index contributed by atoms with van der Waals surface area (Å²) in [4.78, 5) is 24.2. The van der Waals surface area contributed by atoms with Crippen molar-refractivity contribution in [2.24, 2.45) is 0 Å². The third-order valence-corrected chi connectivity index (χ3v) is 5.64. The zero-order chi connectivity index (χ0) is 22.0. The molecule has 0 unspecified atom stereocenters. The van der Waals surface area contributed by atoms with Crippen LogP contribution >= 0.6 is 11.6 Å². The van der Waals surface area contributed by atoms with Crippen LogP contribution in [0.15, 0.2) is 24.3 Å². The van der Waals surface area contributed by atoms with Gasteiger partial charge in [0.15, 0.2) is 0 Å². The number of carbonyl (C=O) groups is 2. The fourth-order valence-electron chi connectivity index (χ4n) is 3.40. The maximum atomic E-state index is 12.2. The Balaban J connectivity index is 1.98. The lowest BCUT2D eigenvalue weighted by atomic mass is 10.0. The monoisotopic (exact) mass is 437 g/mol. The Labute approximate surface area is 188 Å². The van der Waals surface area contributed by atoms with E-state index in [2.05, 4.69) is 12.2 Å². The van der Waals surface area contributed by atoms with E-state index in [1.165, 1.54) is 70.6 Å². The molecule has 0 aliphatic carbocycles. The second kappa shape index (κ2) is 17.2. The maximum Gasteiger partial charge on any atom is 0.328 e. The van der Waals surface area contributed by atoms with Gasteiger partial charge in [-0.1, -0.05) is 108 Å². The van der Waals surface area contributed by atoms with E-state index < -0.39 is 12.0 Å². The normalized spacial score (nSPS) is 11.8. The number of hydrogen-bond donors (Lipinski definition) is 1. The molecule has 0 aliphatic heterocycles. The van der Waals surface area contributed by atoms with Crippen LogP contribution in [0.3, 0.4) is 0 Å². The van der Waals surface area contributed by atoms with Crippen molar-refractivity contribution in [3.63, 3.8) is 0 Å². The van der Waals surface area contributed by atoms with Crippen molar-refractivity contribution in [3.05, 3.63) is 34.9 Å². The summed E-state index contributed by atoms with van der Waals surface area (Å²) in [6.07, 6.45) is 16.7. The van der Waals surface area contributed by atoms with Gasteiger partial charge >= 0.3 is 5.97 Å². The molecule has 1 aromatic rings. The van der Waals surface area contributed by atoms with E-state index in [-0.39, 0.29) is 5.91 Å². The molecule has 1 atom stereocenters. The van der Waals surface area contributed by atoms with Gasteiger partial charge in [0.2, 0.25) is 0 Å². The van der Waals surface area contributed by atoms with Crippen LogP contribution in [0.1, 0.15) is 108 Å². The van der Waals surface area contributed by atoms with E-state index in [4.69, 9.17) is 16.3 Å². The molecule has 0 aromatic heterocycles. The topological polar surface area (TPSA) is 55.4 Å². The van der Waals surface area contributed by atoms with E-state index in [9.17, 15) is 9.59 Å². The first-order chi connectivity index (χ1) is 14.6. The van der Waals surface area contributed by atoms with Crippen LogP contribution in [0.25, 0.3) is 0 Å². The highest BCUT2D eigenvalue weighted by atomic mass is 35.5. The average Bonchev–Trinajstić information content (AvgIpc) is 2.74. The maximum absolute atomic E-state index is 12.2. The van der Waals surface area contributed by atoms with Crippen LogP contribution in [-0.4, -0.2) is 24.5 Å². The number of amides is 1. The Morgan fingerprint density at radius 3 is 1.90 bits per heavy atom. The molecule has 0 heterocycles. The Hall–Kier alpha value is -1.55. The Morgan fingerprint density at radius 2 is 1.37 bits per heavy atom. The van der Waals surface area contributed by atoms with Crippen molar-refractivity contribution in [3.8, 4) is 0 Å². The molecule has 1 N–H and O–H groups in total. The lowest BCUT2D eigenvalue weighted by Gasteiger charge is -2.14. The average molecular weight is 438 g/mol. The summed E-state index contributed by atoms with van der Waals surface area (Å²) in [5, 5.41) is 3.00. The summed E-state index contributed by atoms with van der Waals surface area (Å²) >= 11 is 6.01. The van der Waals surface area contributed by atoms with Gasteiger partial charge in [-0.2, -0.15) is 0 Å². The Kier molecular flexibility index (Phi) is 15.2. The number of benzene rings is 1. The van der Waals surface area contributed by atoms with Gasteiger partial charge in [-0.25, -0.2) is 4.79 Å². The Bertz CT molecular complexity index is 606. The quantitative estimate of drug-likeness (QED) is 0.209. The zero-order valence-electron chi connectivity index (χ0n) is 18.9. The zero-order valence-corrected chi connectivity index (χ0v) is 19.6. The highest BCUT2D eigenvalue weighted by molar-refractivity contribution is 6.33. The van der Waals surface area contributed by atoms with Crippen molar-refractivity contribution in [1.82, 2.24) is 5.32 Å². The fraction of sp³-hybridized carbons (Fsp3) is 0.680. The van der Waals surface area contributed by atoms with Gasteiger partial charge < -0.3 is 10.1 Å². The van der Waals surface area contributed by atoms with Crippen molar-refractivity contribution < 1.29 is 14.3 Å². The molecule has 1 aromatic carbocycles. The van der Waals surface area contributed by atoms with Gasteiger partial charge in [0, 0.05) is 0 Å². The van der Waals surface area contributed by atoms with Crippen molar-refractivity contribution in [1.29, 1.82) is 0 Å². The molecule has 0 aliphatic rings. The van der Waals surface area contributed by atoms with Crippen LogP contribution in [0, 0.1) is 0 Å². The minimum atomic E-state index is -0.698. The molecule has 30 heavy (non-hydrogen) atoms. The molecule has 4 nitrogen and oxygen atoms in total. The van der Waals surface area contributed by atoms with E-state index >= 15 is 0 Å². The number of nitrogens with one attached hydrogen (secondary N) is 1. The number of esters is 1. The Morgan fingerprint density at radius 1 is 0.867 bits per heavy atom. The van der Waals surface area contributed by atoms with Crippen molar-refractivity contribution >= 4 is 23.5 Å². The SMILES string of the molecule is CCCCCCCCCCCCCCCOC(=O)[C@H](C)NC(=O)c1ccccc1Cl. The fourth-order valence-corrected chi connectivity index (χ4v) is 3.62. The second-order valence-corrected chi connectivity index (χ2v) is 8.49. The van der Waals surface area contributed by atoms with Crippen LogP contribution < -0.4 is 5.32 Å². The highest BCUT2D eigenvalue weighted by Crippen LogP contribution is 2.15. The van der Waals surface area contributed by atoms with Crippen LogP contribution in [-0.2, 0) is 9.53 Å². The van der Waals surface area contributed by atoms with Gasteiger partial charge in [0.05, 0.1) is 17.2 Å². The first-order valence-electron chi connectivity index (χ1n) is 11.8. The predicted molar refractivity (Wildman–Crippen MR) is 125 cm³/mol. The molecule has 0 saturated heterocycles. The summed E-state index contributed by atoms with van der Waals surface area (Å²) in [6, 6.07) is 6.07. The molecule has 0 bridgehead atoms. The van der Waals surface area contributed by atoms with Gasteiger partial charge in [0.1, 0.15) is 6.04 Å². The van der Waals surface area contributed by atoms with E-state index in [0.717, 1.165) is 12.8 Å². The molecule has 170 valence electrons. The molecule has 1 amide bonds. The number of carbonyl (C=O) groups excluding carboxylic acids is 2. The lowest BCUT2D eigenvalue weighted by molar-refractivity contribution is -0.145. The summed E-state index contributed by atoms with van der Waals surface area (Å²) in [7, 11) is 0. The highest BCUT2D eigenvalue weighted by Gasteiger charge is 2.19. The number of hydrogen-bond acceptors (Lipinski definition) is 3. The minimum absolute atomic E-state index is 0.357. The third kappa shape index (κ3) is 12.2. The van der Waals surface area contributed by atoms with E-state index in [1.54, 1.807) is 31.2 Å². The van der Waals surface area contributed by atoms with Gasteiger partial charge in [-0.05, 0) is 25.5 Å². The molecule has 0 saturated carbocycles. The molecular formula is C25H40ClNO3. The molecule has 1 rings (SSSR count). The summed E-state index contributed by atoms with van der Waals surface area (Å²) in [5.74, 6) is -0.777. The lowest BCUT2D eigenvalue weighted by Crippen LogP contribution is -2.39. The van der Waals surface area contributed by atoms with Gasteiger partial charge in [-0.3, -0.25) is 4.79 Å². The van der Waals surface area contributed by atoms with Crippen LogP contribution in [0.2, 0.25) is 5.02 Å². The van der Waals surface area contributed by atoms with Crippen molar-refractivity contribution in [2.75, 3.05) is 6.61 Å². The van der Waals surface area contributed by atoms with E-state index in [1.807, 2.05) is 0 Å². The number of ether oxygens (including phenoxy) is 1. The summed E-state index contributed by atoms with van der Waals surface area (Å²) in [6.45, 7) is 4.29. The first kappa shape index (κ1) is 26.5. The number of rotatable bonds is 17. The minimum Gasteiger partial charge on any atom is -0.464 e. The molecule has 5 heteroatoms. The van der Waals surface area contributed by atoms with Gasteiger partial charge in [-0.15, -0.1) is 0 Å². The second-order valence-electron chi connectivity index (χ2n) is 8.09. The third-order valence-electron chi connectivity index (χ3n) is 5.31. The largest absolute Gasteiger partial charge is 0.464 e. The number of halogens is 1.